The number of hydrogen-bond acceptors (Lipinski definition) is 3. The van der Waals surface area contributed by atoms with E-state index in [1.165, 1.54) is 4.90 Å². The van der Waals surface area contributed by atoms with Gasteiger partial charge < -0.3 is 10.0 Å². The van der Waals surface area contributed by atoms with Crippen molar-refractivity contribution >= 4 is 12.0 Å². The molecule has 1 amide bonds. The quantitative estimate of drug-likeness (QED) is 0.682. The Morgan fingerprint density at radius 1 is 1.27 bits per heavy atom. The largest absolute Gasteiger partial charge is 0.416 e. The third kappa shape index (κ3) is 4.45. The summed E-state index contributed by atoms with van der Waals surface area (Å²) < 4.78 is 41.0. The van der Waals surface area contributed by atoms with Gasteiger partial charge in [0.25, 0.3) is 0 Å². The lowest BCUT2D eigenvalue weighted by Crippen LogP contribution is -2.49. The number of aliphatic hydroxyl groups is 1. The second-order valence-electron chi connectivity index (χ2n) is 9.85. The monoisotopic (exact) mass is 461 g/mol. The van der Waals surface area contributed by atoms with E-state index in [0.717, 1.165) is 22.5 Å². The first-order valence-electron chi connectivity index (χ1n) is 11.4. The molecule has 2 unspecified atom stereocenters. The van der Waals surface area contributed by atoms with Crippen molar-refractivity contribution in [2.75, 3.05) is 13.1 Å². The molecule has 1 aromatic heterocycles. The summed E-state index contributed by atoms with van der Waals surface area (Å²) in [6, 6.07) is 9.81. The summed E-state index contributed by atoms with van der Waals surface area (Å²) in [6.45, 7) is 5.18. The number of aromatic nitrogens is 2. The average Bonchev–Trinajstić information content (AvgIpc) is 3.30. The molecule has 178 valence electrons. The Labute approximate surface area is 191 Å². The minimum Gasteiger partial charge on any atom is -0.382 e. The van der Waals surface area contributed by atoms with Crippen LogP contribution in [-0.2, 0) is 11.2 Å². The fourth-order valence-corrected chi connectivity index (χ4v) is 5.24. The van der Waals surface area contributed by atoms with Crippen molar-refractivity contribution in [3.8, 4) is 5.69 Å². The summed E-state index contributed by atoms with van der Waals surface area (Å²) in [7, 11) is 0. The number of halogens is 3. The SMILES string of the molecule is CC(C)CN(CC(O)C(F)(F)F)C(=O)[C@@H]1CCC2=Cc3c(cnn3-c3ccccc3)CC21C. The lowest BCUT2D eigenvalue weighted by atomic mass is 9.69. The fourth-order valence-electron chi connectivity index (χ4n) is 5.24. The normalized spacial score (nSPS) is 23.2. The third-order valence-electron chi connectivity index (χ3n) is 6.93. The Morgan fingerprint density at radius 2 is 1.97 bits per heavy atom. The zero-order valence-corrected chi connectivity index (χ0v) is 19.1. The summed E-state index contributed by atoms with van der Waals surface area (Å²) in [4.78, 5) is 14.8. The van der Waals surface area contributed by atoms with Crippen molar-refractivity contribution in [3.05, 3.63) is 53.4 Å². The molecule has 1 aromatic carbocycles. The van der Waals surface area contributed by atoms with Crippen LogP contribution in [0.5, 0.6) is 0 Å². The number of benzene rings is 1. The van der Waals surface area contributed by atoms with E-state index in [1.54, 1.807) is 0 Å². The predicted molar refractivity (Wildman–Crippen MR) is 120 cm³/mol. The molecule has 2 aliphatic rings. The van der Waals surface area contributed by atoms with Gasteiger partial charge in [0.1, 0.15) is 0 Å². The number of aliphatic hydroxyl groups excluding tert-OH is 1. The van der Waals surface area contributed by atoms with E-state index in [2.05, 4.69) is 11.2 Å². The summed E-state index contributed by atoms with van der Waals surface area (Å²) in [5.74, 6) is -0.756. The van der Waals surface area contributed by atoms with Gasteiger partial charge in [0.15, 0.2) is 6.10 Å². The van der Waals surface area contributed by atoms with Crippen molar-refractivity contribution in [1.82, 2.24) is 14.7 Å². The van der Waals surface area contributed by atoms with Crippen molar-refractivity contribution in [3.63, 3.8) is 0 Å². The van der Waals surface area contributed by atoms with E-state index in [-0.39, 0.29) is 18.4 Å². The summed E-state index contributed by atoms with van der Waals surface area (Å²) >= 11 is 0. The molecule has 1 N–H and O–H groups in total. The average molecular weight is 462 g/mol. The van der Waals surface area contributed by atoms with E-state index in [1.807, 2.05) is 62.0 Å². The minimum absolute atomic E-state index is 0.0133. The van der Waals surface area contributed by atoms with Crippen LogP contribution in [0.1, 0.15) is 44.9 Å². The molecule has 4 rings (SSSR count). The van der Waals surface area contributed by atoms with Crippen LogP contribution in [0.15, 0.2) is 42.1 Å². The van der Waals surface area contributed by atoms with Gasteiger partial charge in [0, 0.05) is 17.9 Å². The van der Waals surface area contributed by atoms with Crippen LogP contribution >= 0.6 is 0 Å². The van der Waals surface area contributed by atoms with Gasteiger partial charge >= 0.3 is 6.18 Å². The standard InChI is InChI=1S/C25H30F3N3O2/c1-16(2)14-30(15-22(32)25(26,27)28)23(33)20-10-9-18-11-21-17(12-24(18,20)3)13-29-31(21)19-7-5-4-6-8-19/h4-8,11,13,16,20,22,32H,9-10,12,14-15H2,1-3H3/t20-,22?,24?/m0/s1. The lowest BCUT2D eigenvalue weighted by Gasteiger charge is -2.38. The van der Waals surface area contributed by atoms with Gasteiger partial charge in [-0.25, -0.2) is 4.68 Å². The van der Waals surface area contributed by atoms with Crippen molar-refractivity contribution in [2.24, 2.45) is 17.3 Å². The number of alkyl halides is 3. The number of rotatable bonds is 6. The number of nitrogens with zero attached hydrogens (tertiary/aromatic N) is 3. The first-order chi connectivity index (χ1) is 15.5. The minimum atomic E-state index is -4.76. The smallest absolute Gasteiger partial charge is 0.382 e. The van der Waals surface area contributed by atoms with E-state index in [4.69, 9.17) is 0 Å². The highest BCUT2D eigenvalue weighted by Gasteiger charge is 2.50. The van der Waals surface area contributed by atoms with Gasteiger partial charge in [-0.1, -0.05) is 44.5 Å². The maximum Gasteiger partial charge on any atom is 0.416 e. The fraction of sp³-hybridized carbons (Fsp3) is 0.520. The van der Waals surface area contributed by atoms with Crippen molar-refractivity contribution in [2.45, 2.75) is 52.3 Å². The van der Waals surface area contributed by atoms with Crippen molar-refractivity contribution < 1.29 is 23.1 Å². The third-order valence-corrected chi connectivity index (χ3v) is 6.93. The zero-order chi connectivity index (χ0) is 24.0. The Morgan fingerprint density at radius 3 is 2.61 bits per heavy atom. The highest BCUT2D eigenvalue weighted by Crippen LogP contribution is 2.53. The highest BCUT2D eigenvalue weighted by atomic mass is 19.4. The maximum absolute atomic E-state index is 13.5. The van der Waals surface area contributed by atoms with Gasteiger partial charge in [0.2, 0.25) is 5.91 Å². The molecule has 1 fully saturated rings. The number of carbonyl (C=O) groups is 1. The van der Waals surface area contributed by atoms with Crippen LogP contribution in [0.4, 0.5) is 13.2 Å². The zero-order valence-electron chi connectivity index (χ0n) is 19.1. The maximum atomic E-state index is 13.5. The molecule has 0 bridgehead atoms. The molecular weight excluding hydrogens is 431 g/mol. The number of carbonyl (C=O) groups excluding carboxylic acids is 1. The van der Waals surface area contributed by atoms with E-state index in [0.29, 0.717) is 19.3 Å². The molecule has 2 aliphatic carbocycles. The molecule has 0 aliphatic heterocycles. The Bertz CT molecular complexity index is 1040. The molecule has 1 saturated carbocycles. The second kappa shape index (κ2) is 8.63. The van der Waals surface area contributed by atoms with Crippen LogP contribution in [0.3, 0.4) is 0 Å². The Hall–Kier alpha value is -2.61. The molecule has 0 spiro atoms. The van der Waals surface area contributed by atoms with Crippen LogP contribution in [0, 0.1) is 17.3 Å². The van der Waals surface area contributed by atoms with Gasteiger partial charge in [-0.2, -0.15) is 18.3 Å². The number of para-hydroxylation sites is 1. The van der Waals surface area contributed by atoms with Gasteiger partial charge in [0.05, 0.1) is 24.1 Å². The molecule has 2 aromatic rings. The van der Waals surface area contributed by atoms with Crippen LogP contribution < -0.4 is 0 Å². The highest BCUT2D eigenvalue weighted by molar-refractivity contribution is 5.82. The second-order valence-corrected chi connectivity index (χ2v) is 9.85. The Balaban J connectivity index is 1.61. The van der Waals surface area contributed by atoms with Gasteiger partial charge in [-0.05, 0) is 49.0 Å². The molecule has 8 heteroatoms. The number of amides is 1. The summed E-state index contributed by atoms with van der Waals surface area (Å²) in [6.07, 6.45) is -1.49. The first kappa shape index (κ1) is 23.5. The van der Waals surface area contributed by atoms with Crippen LogP contribution in [0.2, 0.25) is 0 Å². The molecular formula is C25H30F3N3O2. The van der Waals surface area contributed by atoms with Crippen LogP contribution in [-0.4, -0.2) is 51.1 Å². The number of hydrogen-bond donors (Lipinski definition) is 1. The summed E-state index contributed by atoms with van der Waals surface area (Å²) in [5, 5.41) is 14.2. The molecule has 3 atom stereocenters. The molecule has 1 heterocycles. The molecule has 0 saturated heterocycles. The van der Waals surface area contributed by atoms with E-state index < -0.39 is 30.2 Å². The Kier molecular flexibility index (Phi) is 6.16. The topological polar surface area (TPSA) is 58.4 Å². The lowest BCUT2D eigenvalue weighted by molar-refractivity contribution is -0.209. The van der Waals surface area contributed by atoms with Crippen molar-refractivity contribution in [1.29, 1.82) is 0 Å². The molecule has 5 nitrogen and oxygen atoms in total. The van der Waals surface area contributed by atoms with E-state index >= 15 is 0 Å². The predicted octanol–water partition coefficient (Wildman–Crippen LogP) is 4.64. The molecule has 0 radical (unpaired) electrons. The van der Waals surface area contributed by atoms with E-state index in [9.17, 15) is 23.1 Å². The number of allylic oxidation sites excluding steroid dienone is 1. The van der Waals surface area contributed by atoms with Gasteiger partial charge in [-0.15, -0.1) is 0 Å². The van der Waals surface area contributed by atoms with Gasteiger partial charge in [-0.3, -0.25) is 4.79 Å². The first-order valence-corrected chi connectivity index (χ1v) is 11.4. The summed E-state index contributed by atoms with van der Waals surface area (Å²) in [5.41, 5.74) is 3.62. The number of fused-ring (bicyclic) bond motifs is 2. The molecule has 33 heavy (non-hydrogen) atoms. The van der Waals surface area contributed by atoms with Crippen LogP contribution in [0.25, 0.3) is 11.8 Å².